The van der Waals surface area contributed by atoms with Gasteiger partial charge in [0.05, 0.1) is 12.2 Å². The lowest BCUT2D eigenvalue weighted by molar-refractivity contribution is -0.138. The summed E-state index contributed by atoms with van der Waals surface area (Å²) in [6.45, 7) is 2.45. The minimum atomic E-state index is -4.36. The summed E-state index contributed by atoms with van der Waals surface area (Å²) >= 11 is 0. The number of ether oxygens (including phenoxy) is 1. The third-order valence-corrected chi connectivity index (χ3v) is 3.25. The molecule has 0 amide bonds. The molecule has 2 atom stereocenters. The monoisotopic (exact) mass is 319 g/mol. The maximum atomic E-state index is 12.4. The van der Waals surface area contributed by atoms with E-state index in [4.69, 9.17) is 15.6 Å². The molecule has 22 heavy (non-hydrogen) atoms. The summed E-state index contributed by atoms with van der Waals surface area (Å²) < 4.78 is 42.7. The first kappa shape index (κ1) is 18.3. The van der Waals surface area contributed by atoms with E-state index in [1.54, 1.807) is 0 Å². The Hall–Kier alpha value is -1.76. The zero-order valence-electron chi connectivity index (χ0n) is 12.3. The average Bonchev–Trinajstić information content (AvgIpc) is 2.43. The minimum Gasteiger partial charge on any atom is -0.493 e. The molecule has 0 saturated heterocycles. The molecule has 0 saturated carbocycles. The molecular weight excluding hydrogens is 299 g/mol. The molecule has 0 bridgehead atoms. The third-order valence-electron chi connectivity index (χ3n) is 3.25. The summed E-state index contributed by atoms with van der Waals surface area (Å²) in [7, 11) is 0. The lowest BCUT2D eigenvalue weighted by Crippen LogP contribution is -2.22. The Morgan fingerprint density at radius 1 is 1.32 bits per heavy atom. The molecule has 0 fully saturated rings. The molecule has 1 unspecified atom stereocenters. The van der Waals surface area contributed by atoms with Crippen LogP contribution in [0.15, 0.2) is 24.3 Å². The van der Waals surface area contributed by atoms with Crippen LogP contribution in [0.5, 0.6) is 5.75 Å². The number of carboxylic acids is 1. The fourth-order valence-corrected chi connectivity index (χ4v) is 2.13. The van der Waals surface area contributed by atoms with E-state index in [1.165, 1.54) is 12.1 Å². The summed E-state index contributed by atoms with van der Waals surface area (Å²) in [6.07, 6.45) is -3.78. The largest absolute Gasteiger partial charge is 0.493 e. The van der Waals surface area contributed by atoms with Crippen LogP contribution in [0.3, 0.4) is 0 Å². The van der Waals surface area contributed by atoms with Crippen LogP contribution < -0.4 is 10.5 Å². The van der Waals surface area contributed by atoms with Crippen molar-refractivity contribution in [3.8, 4) is 5.75 Å². The molecule has 1 rings (SSSR count). The molecule has 3 N–H and O–H groups in total. The first-order valence-corrected chi connectivity index (χ1v) is 6.94. The second-order valence-electron chi connectivity index (χ2n) is 5.37. The van der Waals surface area contributed by atoms with Crippen LogP contribution in [0.25, 0.3) is 0 Å². The van der Waals surface area contributed by atoms with Crippen molar-refractivity contribution in [2.75, 3.05) is 13.2 Å². The van der Waals surface area contributed by atoms with Crippen LogP contribution >= 0.6 is 0 Å². The topological polar surface area (TPSA) is 72.5 Å². The number of hydrogen-bond donors (Lipinski definition) is 2. The summed E-state index contributed by atoms with van der Waals surface area (Å²) in [5.41, 5.74) is 4.80. The Bertz CT molecular complexity index is 474. The van der Waals surface area contributed by atoms with Gasteiger partial charge in [-0.1, -0.05) is 6.92 Å². The summed E-state index contributed by atoms with van der Waals surface area (Å²) in [6, 6.07) is 4.47. The molecule has 4 nitrogen and oxygen atoms in total. The van der Waals surface area contributed by atoms with Crippen LogP contribution in [0.1, 0.15) is 25.3 Å². The second-order valence-corrected chi connectivity index (χ2v) is 5.37. The maximum absolute atomic E-state index is 12.4. The summed E-state index contributed by atoms with van der Waals surface area (Å²) in [5, 5.41) is 8.75. The van der Waals surface area contributed by atoms with E-state index in [0.717, 1.165) is 12.1 Å². The van der Waals surface area contributed by atoms with E-state index < -0.39 is 17.7 Å². The molecule has 0 spiro atoms. The SMILES string of the molecule is CC(COc1ccc(C(F)(F)F)cc1)C[C@H](CN)CC(=O)O. The van der Waals surface area contributed by atoms with Crippen molar-refractivity contribution < 1.29 is 27.8 Å². The first-order chi connectivity index (χ1) is 10.2. The number of carbonyl (C=O) groups is 1. The van der Waals surface area contributed by atoms with Crippen molar-refractivity contribution in [3.05, 3.63) is 29.8 Å². The Balaban J connectivity index is 2.46. The highest BCUT2D eigenvalue weighted by Gasteiger charge is 2.30. The van der Waals surface area contributed by atoms with Crippen molar-refractivity contribution in [1.29, 1.82) is 0 Å². The van der Waals surface area contributed by atoms with Crippen LogP contribution in [0.2, 0.25) is 0 Å². The van der Waals surface area contributed by atoms with E-state index in [0.29, 0.717) is 18.8 Å². The summed E-state index contributed by atoms with van der Waals surface area (Å²) in [5.74, 6) is -0.632. The third kappa shape index (κ3) is 6.34. The first-order valence-electron chi connectivity index (χ1n) is 6.94. The molecule has 1 aromatic carbocycles. The van der Waals surface area contributed by atoms with Gasteiger partial charge in [0, 0.05) is 6.42 Å². The van der Waals surface area contributed by atoms with Gasteiger partial charge in [0.25, 0.3) is 0 Å². The molecule has 0 aromatic heterocycles. The minimum absolute atomic E-state index is 0.00111. The van der Waals surface area contributed by atoms with Crippen molar-refractivity contribution in [3.63, 3.8) is 0 Å². The summed E-state index contributed by atoms with van der Waals surface area (Å²) in [4.78, 5) is 10.7. The van der Waals surface area contributed by atoms with E-state index in [-0.39, 0.29) is 24.8 Å². The van der Waals surface area contributed by atoms with Gasteiger partial charge in [-0.05, 0) is 49.1 Å². The molecule has 1 aromatic rings. The number of nitrogens with two attached hydrogens (primary N) is 1. The van der Waals surface area contributed by atoms with Crippen molar-refractivity contribution in [2.45, 2.75) is 25.9 Å². The fraction of sp³-hybridized carbons (Fsp3) is 0.533. The standard InChI is InChI=1S/C15H20F3NO3/c1-10(6-11(8-19)7-14(20)21)9-22-13-4-2-12(3-5-13)15(16,17)18/h2-5,10-11H,6-9,19H2,1H3,(H,20,21)/t10?,11-/m0/s1. The maximum Gasteiger partial charge on any atom is 0.416 e. The Morgan fingerprint density at radius 3 is 2.36 bits per heavy atom. The molecule has 0 radical (unpaired) electrons. The smallest absolute Gasteiger partial charge is 0.416 e. The number of halogens is 3. The molecule has 7 heteroatoms. The van der Waals surface area contributed by atoms with Crippen LogP contribution in [-0.4, -0.2) is 24.2 Å². The number of hydrogen-bond acceptors (Lipinski definition) is 3. The number of carboxylic acid groups (broad SMARTS) is 1. The van der Waals surface area contributed by atoms with E-state index >= 15 is 0 Å². The number of benzene rings is 1. The highest BCUT2D eigenvalue weighted by Crippen LogP contribution is 2.30. The highest BCUT2D eigenvalue weighted by atomic mass is 19.4. The quantitative estimate of drug-likeness (QED) is 0.772. The van der Waals surface area contributed by atoms with Crippen molar-refractivity contribution in [1.82, 2.24) is 0 Å². The fourth-order valence-electron chi connectivity index (χ4n) is 2.13. The number of aliphatic carboxylic acids is 1. The molecule has 124 valence electrons. The van der Waals surface area contributed by atoms with Crippen LogP contribution in [0, 0.1) is 11.8 Å². The van der Waals surface area contributed by atoms with Gasteiger partial charge in [-0.25, -0.2) is 0 Å². The highest BCUT2D eigenvalue weighted by molar-refractivity contribution is 5.67. The second kappa shape index (κ2) is 8.03. The van der Waals surface area contributed by atoms with Gasteiger partial charge in [0.1, 0.15) is 5.75 Å². The Kier molecular flexibility index (Phi) is 6.67. The molecule has 0 aliphatic carbocycles. The predicted molar refractivity (Wildman–Crippen MR) is 75.5 cm³/mol. The van der Waals surface area contributed by atoms with Crippen LogP contribution in [0.4, 0.5) is 13.2 Å². The van der Waals surface area contributed by atoms with Gasteiger partial charge >= 0.3 is 12.1 Å². The molecule has 0 aliphatic rings. The lowest BCUT2D eigenvalue weighted by atomic mass is 9.93. The predicted octanol–water partition coefficient (Wildman–Crippen LogP) is 3.16. The van der Waals surface area contributed by atoms with E-state index in [9.17, 15) is 18.0 Å². The Morgan fingerprint density at radius 2 is 1.91 bits per heavy atom. The van der Waals surface area contributed by atoms with Crippen molar-refractivity contribution in [2.24, 2.45) is 17.6 Å². The molecule has 0 heterocycles. The number of alkyl halides is 3. The van der Waals surface area contributed by atoms with E-state index in [1.807, 2.05) is 6.92 Å². The van der Waals surface area contributed by atoms with Gasteiger partial charge in [-0.2, -0.15) is 13.2 Å². The van der Waals surface area contributed by atoms with Gasteiger partial charge in [0.15, 0.2) is 0 Å². The normalized spacial score (nSPS) is 14.4. The average molecular weight is 319 g/mol. The number of rotatable bonds is 8. The zero-order valence-corrected chi connectivity index (χ0v) is 12.3. The van der Waals surface area contributed by atoms with Gasteiger partial charge in [0.2, 0.25) is 0 Å². The van der Waals surface area contributed by atoms with Gasteiger partial charge in [-0.3, -0.25) is 4.79 Å². The van der Waals surface area contributed by atoms with Gasteiger partial charge < -0.3 is 15.6 Å². The molecule has 0 aliphatic heterocycles. The van der Waals surface area contributed by atoms with Crippen molar-refractivity contribution >= 4 is 5.97 Å². The zero-order chi connectivity index (χ0) is 16.8. The Labute approximate surface area is 127 Å². The van der Waals surface area contributed by atoms with E-state index in [2.05, 4.69) is 0 Å². The lowest BCUT2D eigenvalue weighted by Gasteiger charge is -2.18. The van der Waals surface area contributed by atoms with Gasteiger partial charge in [-0.15, -0.1) is 0 Å². The van der Waals surface area contributed by atoms with Crippen LogP contribution in [-0.2, 0) is 11.0 Å². The molecular formula is C15H20F3NO3.